The second-order valence-corrected chi connectivity index (χ2v) is 18.3. The largest absolute Gasteiger partial charge is 0.394 e. The van der Waals surface area contributed by atoms with Crippen LogP contribution in [0.15, 0.2) is 24.3 Å². The van der Waals surface area contributed by atoms with Crippen LogP contribution in [0.1, 0.15) is 194 Å². The van der Waals surface area contributed by atoms with Crippen molar-refractivity contribution in [2.75, 3.05) is 19.8 Å². The Labute approximate surface area is 386 Å². The Bertz CT molecular complexity index is 1170. The molecule has 9 N–H and O–H groups in total. The Hall–Kier alpha value is -1.53. The Morgan fingerprint density at radius 2 is 1.00 bits per heavy atom. The van der Waals surface area contributed by atoms with Crippen molar-refractivity contribution in [1.29, 1.82) is 0 Å². The molecule has 0 spiro atoms. The minimum atomic E-state index is -1.79. The van der Waals surface area contributed by atoms with E-state index in [-0.39, 0.29) is 18.9 Å². The lowest BCUT2D eigenvalue weighted by Crippen LogP contribution is -2.65. The molecule has 64 heavy (non-hydrogen) atoms. The number of ether oxygens (including phenoxy) is 4. The van der Waals surface area contributed by atoms with Gasteiger partial charge in [-0.05, 0) is 32.1 Å². The van der Waals surface area contributed by atoms with E-state index in [9.17, 15) is 45.6 Å². The standard InChI is InChI=1S/C50H93NO13/c1-3-5-7-9-11-13-15-17-19-20-22-24-26-28-30-32-34-42(55)51-38(39(54)33-31-29-27-25-23-21-18-16-14-12-10-8-6-4-2)37-61-49-47(60)45(58)48(41(36-53)63-49)64-50-46(59)44(57)43(56)40(35-52)62-50/h23,25,31,33,38-41,43-50,52-54,56-60H,3-22,24,26-30,32,34-37H2,1-2H3,(H,51,55)/b25-23+,33-31+. The predicted molar refractivity (Wildman–Crippen MR) is 249 cm³/mol. The fourth-order valence-electron chi connectivity index (χ4n) is 8.42. The third kappa shape index (κ3) is 24.5. The van der Waals surface area contributed by atoms with Crippen molar-refractivity contribution < 1.29 is 64.6 Å². The lowest BCUT2D eigenvalue weighted by molar-refractivity contribution is -0.359. The minimum absolute atomic E-state index is 0.248. The van der Waals surface area contributed by atoms with Gasteiger partial charge in [-0.3, -0.25) is 4.79 Å². The maximum Gasteiger partial charge on any atom is 0.220 e. The summed E-state index contributed by atoms with van der Waals surface area (Å²) in [6.45, 7) is 2.76. The molecule has 2 rings (SSSR count). The summed E-state index contributed by atoms with van der Waals surface area (Å²) in [5, 5.41) is 86.7. The van der Waals surface area contributed by atoms with E-state index in [0.29, 0.717) is 12.8 Å². The van der Waals surface area contributed by atoms with Crippen LogP contribution in [0.3, 0.4) is 0 Å². The fourth-order valence-corrected chi connectivity index (χ4v) is 8.42. The monoisotopic (exact) mass is 916 g/mol. The van der Waals surface area contributed by atoms with Crippen LogP contribution >= 0.6 is 0 Å². The van der Waals surface area contributed by atoms with Gasteiger partial charge in [0.25, 0.3) is 0 Å². The summed E-state index contributed by atoms with van der Waals surface area (Å²) in [5.74, 6) is -0.248. The van der Waals surface area contributed by atoms with E-state index in [4.69, 9.17) is 18.9 Å². The number of unbranched alkanes of at least 4 members (excludes halogenated alkanes) is 24. The van der Waals surface area contributed by atoms with Crippen LogP contribution in [-0.2, 0) is 23.7 Å². The topological polar surface area (TPSA) is 228 Å². The maximum absolute atomic E-state index is 13.2. The highest BCUT2D eigenvalue weighted by atomic mass is 16.7. The molecule has 0 bridgehead atoms. The van der Waals surface area contributed by atoms with E-state index < -0.39 is 86.8 Å². The Morgan fingerprint density at radius 3 is 1.53 bits per heavy atom. The van der Waals surface area contributed by atoms with Crippen LogP contribution in [0.4, 0.5) is 0 Å². The zero-order valence-corrected chi connectivity index (χ0v) is 39.8. The third-order valence-electron chi connectivity index (χ3n) is 12.6. The average molecular weight is 916 g/mol. The highest BCUT2D eigenvalue weighted by Crippen LogP contribution is 2.30. The number of allylic oxidation sites excluding steroid dienone is 3. The molecule has 0 aliphatic carbocycles. The van der Waals surface area contributed by atoms with Gasteiger partial charge < -0.3 is 65.1 Å². The molecular formula is C50H93NO13. The van der Waals surface area contributed by atoms with E-state index in [1.165, 1.54) is 128 Å². The molecule has 376 valence electrons. The first-order valence-electron chi connectivity index (χ1n) is 25.6. The number of nitrogens with one attached hydrogen (secondary N) is 1. The van der Waals surface area contributed by atoms with Crippen molar-refractivity contribution in [3.8, 4) is 0 Å². The molecule has 2 aliphatic rings. The smallest absolute Gasteiger partial charge is 0.220 e. The number of aliphatic hydroxyl groups excluding tert-OH is 8. The molecule has 0 radical (unpaired) electrons. The first-order chi connectivity index (χ1) is 31.1. The van der Waals surface area contributed by atoms with E-state index in [2.05, 4.69) is 31.3 Å². The SMILES string of the molecule is CCCCCCCCCC/C=C/CC/C=C/C(O)C(COC1OC(CO)C(OC2OC(CO)C(O)C(O)C2O)C(O)C1O)NC(=O)CCCCCCCCCCCCCCCCCC. The van der Waals surface area contributed by atoms with Gasteiger partial charge in [0.15, 0.2) is 12.6 Å². The zero-order valence-electron chi connectivity index (χ0n) is 39.8. The lowest BCUT2D eigenvalue weighted by Gasteiger charge is -2.46. The summed E-state index contributed by atoms with van der Waals surface area (Å²) < 4.78 is 22.7. The molecule has 2 fully saturated rings. The summed E-state index contributed by atoms with van der Waals surface area (Å²) in [4.78, 5) is 13.2. The molecule has 0 aromatic rings. The molecule has 2 saturated heterocycles. The highest BCUT2D eigenvalue weighted by molar-refractivity contribution is 5.76. The molecule has 2 aliphatic heterocycles. The molecular weight excluding hydrogens is 823 g/mol. The summed E-state index contributed by atoms with van der Waals surface area (Å²) in [7, 11) is 0. The van der Waals surface area contributed by atoms with Crippen LogP contribution in [-0.4, -0.2) is 140 Å². The van der Waals surface area contributed by atoms with Crippen LogP contribution in [0.25, 0.3) is 0 Å². The number of rotatable bonds is 39. The van der Waals surface area contributed by atoms with Gasteiger partial charge >= 0.3 is 0 Å². The van der Waals surface area contributed by atoms with Gasteiger partial charge in [-0.1, -0.05) is 179 Å². The van der Waals surface area contributed by atoms with Crippen LogP contribution < -0.4 is 5.32 Å². The van der Waals surface area contributed by atoms with Crippen molar-refractivity contribution in [3.05, 3.63) is 24.3 Å². The van der Waals surface area contributed by atoms with E-state index in [1.807, 2.05) is 6.08 Å². The molecule has 12 atom stereocenters. The maximum atomic E-state index is 13.2. The average Bonchev–Trinajstić information content (AvgIpc) is 3.29. The molecule has 1 amide bonds. The Morgan fingerprint density at radius 1 is 0.547 bits per heavy atom. The van der Waals surface area contributed by atoms with Gasteiger partial charge in [0.05, 0.1) is 32.0 Å². The summed E-state index contributed by atoms with van der Waals surface area (Å²) in [5.41, 5.74) is 0. The van der Waals surface area contributed by atoms with Crippen molar-refractivity contribution in [2.24, 2.45) is 0 Å². The zero-order chi connectivity index (χ0) is 46.8. The highest BCUT2D eigenvalue weighted by Gasteiger charge is 2.51. The second kappa shape index (κ2) is 37.5. The summed E-state index contributed by atoms with van der Waals surface area (Å²) >= 11 is 0. The Balaban J connectivity index is 1.86. The number of hydrogen-bond donors (Lipinski definition) is 9. The first kappa shape index (κ1) is 58.6. The molecule has 0 saturated carbocycles. The number of hydrogen-bond acceptors (Lipinski definition) is 13. The van der Waals surface area contributed by atoms with Crippen molar-refractivity contribution in [2.45, 2.75) is 267 Å². The molecule has 0 aromatic heterocycles. The molecule has 2 heterocycles. The van der Waals surface area contributed by atoms with Gasteiger partial charge in [-0.2, -0.15) is 0 Å². The number of aliphatic hydroxyl groups is 8. The fraction of sp³-hybridized carbons (Fsp3) is 0.900. The van der Waals surface area contributed by atoms with Gasteiger partial charge in [-0.25, -0.2) is 0 Å². The molecule has 0 aromatic carbocycles. The number of carbonyl (C=O) groups excluding carboxylic acids is 1. The minimum Gasteiger partial charge on any atom is -0.394 e. The second-order valence-electron chi connectivity index (χ2n) is 18.3. The van der Waals surface area contributed by atoms with E-state index >= 15 is 0 Å². The normalized spacial score (nSPS) is 27.4. The lowest BCUT2D eigenvalue weighted by atomic mass is 9.97. The van der Waals surface area contributed by atoms with Crippen molar-refractivity contribution in [3.63, 3.8) is 0 Å². The molecule has 12 unspecified atom stereocenters. The van der Waals surface area contributed by atoms with Crippen LogP contribution in [0.5, 0.6) is 0 Å². The predicted octanol–water partition coefficient (Wildman–Crippen LogP) is 6.55. The third-order valence-corrected chi connectivity index (χ3v) is 12.6. The van der Waals surface area contributed by atoms with Gasteiger partial charge in [0, 0.05) is 6.42 Å². The summed E-state index contributed by atoms with van der Waals surface area (Å²) in [6.07, 6.45) is 23.6. The number of amides is 1. The van der Waals surface area contributed by atoms with Crippen molar-refractivity contribution in [1.82, 2.24) is 5.32 Å². The molecule has 14 heteroatoms. The van der Waals surface area contributed by atoms with Crippen molar-refractivity contribution >= 4 is 5.91 Å². The van der Waals surface area contributed by atoms with Gasteiger partial charge in [-0.15, -0.1) is 0 Å². The van der Waals surface area contributed by atoms with E-state index in [1.54, 1.807) is 6.08 Å². The summed E-state index contributed by atoms with van der Waals surface area (Å²) in [6, 6.07) is -0.925. The quantitative estimate of drug-likeness (QED) is 0.0236. The van der Waals surface area contributed by atoms with Crippen LogP contribution in [0, 0.1) is 0 Å². The van der Waals surface area contributed by atoms with Crippen LogP contribution in [0.2, 0.25) is 0 Å². The van der Waals surface area contributed by atoms with E-state index in [0.717, 1.165) is 32.1 Å². The first-order valence-corrected chi connectivity index (χ1v) is 25.6. The Kier molecular flexibility index (Phi) is 34.3. The number of carbonyl (C=O) groups is 1. The molecule has 14 nitrogen and oxygen atoms in total. The van der Waals surface area contributed by atoms with Gasteiger partial charge in [0.1, 0.15) is 48.8 Å². The van der Waals surface area contributed by atoms with Gasteiger partial charge in [0.2, 0.25) is 5.91 Å².